The molecule has 1 aromatic heterocycles. The van der Waals surface area contributed by atoms with E-state index < -0.39 is 5.91 Å². The fourth-order valence-corrected chi connectivity index (χ4v) is 2.93. The van der Waals surface area contributed by atoms with Gasteiger partial charge in [0.25, 0.3) is 5.91 Å². The smallest absolute Gasteiger partial charge is 0.266 e. The molecule has 6 heteroatoms. The average molecular weight is 422 g/mol. The van der Waals surface area contributed by atoms with Crippen molar-refractivity contribution < 1.29 is 9.53 Å². The fraction of sp³-hybridized carbons (Fsp3) is 0.0476. The third-order valence-corrected chi connectivity index (χ3v) is 4.37. The van der Waals surface area contributed by atoms with E-state index in [-0.39, 0.29) is 5.57 Å². The van der Waals surface area contributed by atoms with Gasteiger partial charge in [-0.1, -0.05) is 22.0 Å². The molecule has 27 heavy (non-hydrogen) atoms. The number of nitrogens with zero attached hydrogens (tertiary/aromatic N) is 2. The first-order valence-corrected chi connectivity index (χ1v) is 8.90. The van der Waals surface area contributed by atoms with Gasteiger partial charge < -0.3 is 14.6 Å². The SMILES string of the molecule is COc1ccc(NC(=O)/C(C#N)=C/c2cccn2-c2cccc(Br)c2)cc1. The van der Waals surface area contributed by atoms with Crippen LogP contribution in [0, 0.1) is 11.3 Å². The second-order valence-corrected chi connectivity index (χ2v) is 6.55. The van der Waals surface area contributed by atoms with E-state index in [1.165, 1.54) is 0 Å². The van der Waals surface area contributed by atoms with Crippen LogP contribution in [0.4, 0.5) is 5.69 Å². The number of rotatable bonds is 5. The number of carbonyl (C=O) groups excluding carboxylic acids is 1. The molecule has 1 N–H and O–H groups in total. The van der Waals surface area contributed by atoms with Gasteiger partial charge >= 0.3 is 0 Å². The van der Waals surface area contributed by atoms with Crippen molar-refractivity contribution in [2.75, 3.05) is 12.4 Å². The molecule has 1 amide bonds. The molecule has 5 nitrogen and oxygen atoms in total. The lowest BCUT2D eigenvalue weighted by atomic mass is 10.2. The zero-order valence-electron chi connectivity index (χ0n) is 14.5. The van der Waals surface area contributed by atoms with Gasteiger partial charge in [0.15, 0.2) is 0 Å². The molecule has 3 aromatic rings. The average Bonchev–Trinajstić information content (AvgIpc) is 3.15. The Morgan fingerprint density at radius 3 is 2.63 bits per heavy atom. The van der Waals surface area contributed by atoms with Crippen LogP contribution >= 0.6 is 15.9 Å². The predicted octanol–water partition coefficient (Wildman–Crippen LogP) is 4.79. The quantitative estimate of drug-likeness (QED) is 0.475. The highest BCUT2D eigenvalue weighted by Gasteiger charge is 2.11. The summed E-state index contributed by atoms with van der Waals surface area (Å²) in [6.07, 6.45) is 3.45. The normalized spacial score (nSPS) is 10.9. The van der Waals surface area contributed by atoms with Gasteiger partial charge in [0.05, 0.1) is 7.11 Å². The minimum absolute atomic E-state index is 0.0146. The fourth-order valence-electron chi connectivity index (χ4n) is 2.54. The topological polar surface area (TPSA) is 67.0 Å². The van der Waals surface area contributed by atoms with Crippen molar-refractivity contribution >= 4 is 33.6 Å². The second-order valence-electron chi connectivity index (χ2n) is 5.64. The van der Waals surface area contributed by atoms with Crippen molar-refractivity contribution in [1.82, 2.24) is 4.57 Å². The van der Waals surface area contributed by atoms with Gasteiger partial charge in [-0.25, -0.2) is 0 Å². The summed E-state index contributed by atoms with van der Waals surface area (Å²) >= 11 is 3.45. The molecule has 0 radical (unpaired) electrons. The van der Waals surface area contributed by atoms with Crippen LogP contribution in [0.5, 0.6) is 5.75 Å². The summed E-state index contributed by atoms with van der Waals surface area (Å²) in [4.78, 5) is 12.5. The predicted molar refractivity (Wildman–Crippen MR) is 109 cm³/mol. The number of amides is 1. The highest BCUT2D eigenvalue weighted by molar-refractivity contribution is 9.10. The van der Waals surface area contributed by atoms with Gasteiger partial charge in [-0.15, -0.1) is 0 Å². The van der Waals surface area contributed by atoms with Crippen LogP contribution in [0.2, 0.25) is 0 Å². The summed E-state index contributed by atoms with van der Waals surface area (Å²) in [6.45, 7) is 0. The molecule has 2 aromatic carbocycles. The number of nitriles is 1. The first kappa shape index (κ1) is 18.5. The third-order valence-electron chi connectivity index (χ3n) is 3.87. The number of carbonyl (C=O) groups is 1. The first-order valence-electron chi connectivity index (χ1n) is 8.11. The maximum Gasteiger partial charge on any atom is 0.266 e. The molecular weight excluding hydrogens is 406 g/mol. The molecule has 3 rings (SSSR count). The lowest BCUT2D eigenvalue weighted by molar-refractivity contribution is -0.112. The lowest BCUT2D eigenvalue weighted by Gasteiger charge is -2.08. The number of hydrogen-bond acceptors (Lipinski definition) is 3. The van der Waals surface area contributed by atoms with Crippen molar-refractivity contribution in [1.29, 1.82) is 5.26 Å². The molecule has 0 saturated carbocycles. The molecule has 0 saturated heterocycles. The molecule has 134 valence electrons. The third kappa shape index (κ3) is 4.46. The minimum atomic E-state index is -0.468. The summed E-state index contributed by atoms with van der Waals surface area (Å²) in [7, 11) is 1.57. The largest absolute Gasteiger partial charge is 0.497 e. The molecule has 0 atom stereocenters. The molecule has 0 aliphatic rings. The lowest BCUT2D eigenvalue weighted by Crippen LogP contribution is -2.13. The summed E-state index contributed by atoms with van der Waals surface area (Å²) in [5.74, 6) is 0.223. The Balaban J connectivity index is 1.85. The number of benzene rings is 2. The van der Waals surface area contributed by atoms with Crippen molar-refractivity contribution in [3.63, 3.8) is 0 Å². The summed E-state index contributed by atoms with van der Waals surface area (Å²) in [5, 5.41) is 12.2. The van der Waals surface area contributed by atoms with Crippen LogP contribution in [0.25, 0.3) is 11.8 Å². The van der Waals surface area contributed by atoms with Crippen molar-refractivity contribution in [3.05, 3.63) is 82.6 Å². The van der Waals surface area contributed by atoms with Crippen LogP contribution < -0.4 is 10.1 Å². The van der Waals surface area contributed by atoms with Crippen molar-refractivity contribution in [2.45, 2.75) is 0 Å². The van der Waals surface area contributed by atoms with Crippen LogP contribution in [0.3, 0.4) is 0 Å². The van der Waals surface area contributed by atoms with E-state index in [9.17, 15) is 10.1 Å². The van der Waals surface area contributed by atoms with E-state index in [1.54, 1.807) is 37.5 Å². The van der Waals surface area contributed by atoms with Crippen molar-refractivity contribution in [3.8, 4) is 17.5 Å². The molecule has 0 aliphatic carbocycles. The maximum atomic E-state index is 12.5. The molecular formula is C21H16BrN3O2. The highest BCUT2D eigenvalue weighted by atomic mass is 79.9. The molecule has 1 heterocycles. The monoisotopic (exact) mass is 421 g/mol. The molecule has 0 unspecified atom stereocenters. The van der Waals surface area contributed by atoms with E-state index >= 15 is 0 Å². The second kappa shape index (κ2) is 8.39. The number of ether oxygens (including phenoxy) is 1. The summed E-state index contributed by atoms with van der Waals surface area (Å²) in [6, 6.07) is 20.4. The van der Waals surface area contributed by atoms with Gasteiger partial charge in [-0.05, 0) is 60.7 Å². The first-order chi connectivity index (χ1) is 13.1. The van der Waals surface area contributed by atoms with Gasteiger partial charge in [0, 0.05) is 27.7 Å². The number of methoxy groups -OCH3 is 1. The van der Waals surface area contributed by atoms with Crippen LogP contribution in [0.1, 0.15) is 5.69 Å². The Labute approximate surface area is 165 Å². The van der Waals surface area contributed by atoms with E-state index in [0.29, 0.717) is 11.4 Å². The van der Waals surface area contributed by atoms with Gasteiger partial charge in [-0.3, -0.25) is 4.79 Å². The summed E-state index contributed by atoms with van der Waals surface area (Å²) in [5.41, 5.74) is 2.26. The molecule has 0 bridgehead atoms. The van der Waals surface area contributed by atoms with Crippen LogP contribution in [-0.2, 0) is 4.79 Å². The van der Waals surface area contributed by atoms with Gasteiger partial charge in [0.2, 0.25) is 0 Å². The van der Waals surface area contributed by atoms with E-state index in [4.69, 9.17) is 4.74 Å². The molecule has 0 aliphatic heterocycles. The summed E-state index contributed by atoms with van der Waals surface area (Å²) < 4.78 is 7.95. The number of hydrogen-bond donors (Lipinski definition) is 1. The molecule has 0 spiro atoms. The Morgan fingerprint density at radius 1 is 1.19 bits per heavy atom. The Hall–Kier alpha value is -3.30. The minimum Gasteiger partial charge on any atom is -0.497 e. The Bertz CT molecular complexity index is 1030. The van der Waals surface area contributed by atoms with Crippen molar-refractivity contribution in [2.24, 2.45) is 0 Å². The number of halogens is 1. The number of nitrogens with one attached hydrogen (secondary N) is 1. The van der Waals surface area contributed by atoms with E-state index in [0.717, 1.165) is 15.9 Å². The van der Waals surface area contributed by atoms with E-state index in [2.05, 4.69) is 21.2 Å². The van der Waals surface area contributed by atoms with Gasteiger partial charge in [0.1, 0.15) is 17.4 Å². The Kier molecular flexibility index (Phi) is 5.74. The van der Waals surface area contributed by atoms with E-state index in [1.807, 2.05) is 53.2 Å². The Morgan fingerprint density at radius 2 is 1.96 bits per heavy atom. The van der Waals surface area contributed by atoms with Crippen LogP contribution in [0.15, 0.2) is 76.9 Å². The zero-order chi connectivity index (χ0) is 19.2. The van der Waals surface area contributed by atoms with Gasteiger partial charge in [-0.2, -0.15) is 5.26 Å². The molecule has 0 fully saturated rings. The maximum absolute atomic E-state index is 12.5. The zero-order valence-corrected chi connectivity index (χ0v) is 16.1. The van der Waals surface area contributed by atoms with Crippen LogP contribution in [-0.4, -0.2) is 17.6 Å². The standard InChI is InChI=1S/C21H16BrN3O2/c1-27-20-9-7-17(8-10-20)24-21(26)15(14-23)12-18-6-3-11-25(18)19-5-2-4-16(22)13-19/h2-13H,1H3,(H,24,26)/b15-12+. The number of aromatic nitrogens is 1. The highest BCUT2D eigenvalue weighted by Crippen LogP contribution is 2.20. The number of anilines is 1.